The van der Waals surface area contributed by atoms with Crippen LogP contribution in [0.3, 0.4) is 0 Å². The second kappa shape index (κ2) is 6.02. The van der Waals surface area contributed by atoms with Gasteiger partial charge < -0.3 is 4.90 Å². The molecule has 1 aromatic heterocycles. The molecule has 3 rings (SSSR count). The second-order valence-corrected chi connectivity index (χ2v) is 6.49. The topological polar surface area (TPSA) is 49.0 Å². The van der Waals surface area contributed by atoms with Crippen LogP contribution in [0.15, 0.2) is 34.9 Å². The molecule has 1 atom stereocenters. The highest BCUT2D eigenvalue weighted by Gasteiger charge is 2.29. The van der Waals surface area contributed by atoms with Gasteiger partial charge in [-0.2, -0.15) is 5.10 Å². The van der Waals surface area contributed by atoms with Gasteiger partial charge >= 0.3 is 0 Å². The molecule has 1 aromatic carbocycles. The Morgan fingerprint density at radius 3 is 2.95 bits per heavy atom. The number of fused-ring (bicyclic) bond motifs is 1. The second-order valence-electron chi connectivity index (χ2n) is 5.57. The number of amides is 1. The first-order valence-electron chi connectivity index (χ1n) is 7.16. The van der Waals surface area contributed by atoms with Crippen LogP contribution in [0.4, 0.5) is 0 Å². The third-order valence-corrected chi connectivity index (χ3v) is 4.58. The standard InChI is InChI=1S/C16H18BrN3O/c1-20(10-11-5-7-12(17)8-6-11)16(21)13-3-2-4-15-14(13)9-18-19-15/h5-9,13H,2-4,10H2,1H3,(H,18,19)/t13-/m1/s1. The molecule has 5 heteroatoms. The average Bonchev–Trinajstić information content (AvgIpc) is 2.97. The van der Waals surface area contributed by atoms with Gasteiger partial charge in [0.1, 0.15) is 0 Å². The number of carbonyl (C=O) groups is 1. The lowest BCUT2D eigenvalue weighted by atomic mass is 9.86. The number of benzene rings is 1. The van der Waals surface area contributed by atoms with E-state index in [9.17, 15) is 4.79 Å². The molecule has 0 aliphatic heterocycles. The largest absolute Gasteiger partial charge is 0.341 e. The minimum absolute atomic E-state index is 0.0482. The summed E-state index contributed by atoms with van der Waals surface area (Å²) in [6.45, 7) is 0.635. The summed E-state index contributed by atoms with van der Waals surface area (Å²) in [5, 5.41) is 7.10. The van der Waals surface area contributed by atoms with Crippen LogP contribution in [0.5, 0.6) is 0 Å². The number of carbonyl (C=O) groups excluding carboxylic acids is 1. The van der Waals surface area contributed by atoms with Crippen molar-refractivity contribution in [1.82, 2.24) is 15.1 Å². The first-order chi connectivity index (χ1) is 10.1. The van der Waals surface area contributed by atoms with Gasteiger partial charge in [-0.3, -0.25) is 9.89 Å². The number of nitrogens with zero attached hydrogens (tertiary/aromatic N) is 2. The number of aromatic amines is 1. The minimum Gasteiger partial charge on any atom is -0.341 e. The van der Waals surface area contributed by atoms with Crippen molar-refractivity contribution in [3.05, 3.63) is 51.8 Å². The van der Waals surface area contributed by atoms with Crippen molar-refractivity contribution in [3.8, 4) is 0 Å². The van der Waals surface area contributed by atoms with Crippen molar-refractivity contribution in [1.29, 1.82) is 0 Å². The smallest absolute Gasteiger partial charge is 0.230 e. The summed E-state index contributed by atoms with van der Waals surface area (Å²) >= 11 is 3.43. The van der Waals surface area contributed by atoms with Gasteiger partial charge in [-0.15, -0.1) is 0 Å². The summed E-state index contributed by atoms with van der Waals surface area (Å²) < 4.78 is 1.05. The van der Waals surface area contributed by atoms with E-state index in [2.05, 4.69) is 26.1 Å². The van der Waals surface area contributed by atoms with Crippen LogP contribution in [0, 0.1) is 0 Å². The Hall–Kier alpha value is -1.62. The predicted molar refractivity (Wildman–Crippen MR) is 84.9 cm³/mol. The molecule has 1 heterocycles. The number of hydrogen-bond donors (Lipinski definition) is 1. The molecule has 1 aliphatic carbocycles. The van der Waals surface area contributed by atoms with Crippen LogP contribution >= 0.6 is 15.9 Å². The highest BCUT2D eigenvalue weighted by atomic mass is 79.9. The Morgan fingerprint density at radius 1 is 1.43 bits per heavy atom. The molecule has 1 amide bonds. The number of aromatic nitrogens is 2. The fourth-order valence-corrected chi connectivity index (χ4v) is 3.19. The quantitative estimate of drug-likeness (QED) is 0.926. The number of likely N-dealkylation sites (N-methyl/N-ethyl adjacent to an activating group) is 1. The van der Waals surface area contributed by atoms with Gasteiger partial charge in [0.2, 0.25) is 5.91 Å². The monoisotopic (exact) mass is 347 g/mol. The van der Waals surface area contributed by atoms with E-state index < -0.39 is 0 Å². The van der Waals surface area contributed by atoms with E-state index in [4.69, 9.17) is 0 Å². The minimum atomic E-state index is -0.0482. The zero-order valence-corrected chi connectivity index (χ0v) is 13.6. The molecular formula is C16H18BrN3O. The van der Waals surface area contributed by atoms with Gasteiger partial charge in [0.25, 0.3) is 0 Å². The Kier molecular flexibility index (Phi) is 4.10. The summed E-state index contributed by atoms with van der Waals surface area (Å²) in [5.74, 6) is 0.133. The lowest BCUT2D eigenvalue weighted by Gasteiger charge is -2.26. The van der Waals surface area contributed by atoms with Gasteiger partial charge in [0.05, 0.1) is 12.1 Å². The predicted octanol–water partition coefficient (Wildman–Crippen LogP) is 3.25. The van der Waals surface area contributed by atoms with Crippen LogP contribution in [-0.4, -0.2) is 28.1 Å². The third kappa shape index (κ3) is 3.02. The van der Waals surface area contributed by atoms with Crippen LogP contribution in [0.2, 0.25) is 0 Å². The molecule has 0 bridgehead atoms. The molecule has 21 heavy (non-hydrogen) atoms. The van der Waals surface area contributed by atoms with Crippen molar-refractivity contribution in [2.45, 2.75) is 31.7 Å². The van der Waals surface area contributed by atoms with Gasteiger partial charge in [-0.25, -0.2) is 0 Å². The molecule has 0 saturated heterocycles. The van der Waals surface area contributed by atoms with Gasteiger partial charge in [0.15, 0.2) is 0 Å². The van der Waals surface area contributed by atoms with Crippen molar-refractivity contribution in [2.75, 3.05) is 7.05 Å². The van der Waals surface area contributed by atoms with Crippen molar-refractivity contribution in [3.63, 3.8) is 0 Å². The maximum absolute atomic E-state index is 12.7. The Labute approximate surface area is 132 Å². The maximum Gasteiger partial charge on any atom is 0.230 e. The summed E-state index contributed by atoms with van der Waals surface area (Å²) in [5.41, 5.74) is 3.34. The van der Waals surface area contributed by atoms with Crippen molar-refractivity contribution in [2.24, 2.45) is 0 Å². The zero-order chi connectivity index (χ0) is 14.8. The van der Waals surface area contributed by atoms with E-state index in [-0.39, 0.29) is 11.8 Å². The molecule has 4 nitrogen and oxygen atoms in total. The maximum atomic E-state index is 12.7. The highest BCUT2D eigenvalue weighted by molar-refractivity contribution is 9.10. The van der Waals surface area contributed by atoms with Gasteiger partial charge in [0, 0.05) is 29.3 Å². The van der Waals surface area contributed by atoms with E-state index in [0.29, 0.717) is 6.54 Å². The van der Waals surface area contributed by atoms with Crippen LogP contribution < -0.4 is 0 Å². The Morgan fingerprint density at radius 2 is 2.19 bits per heavy atom. The van der Waals surface area contributed by atoms with Crippen molar-refractivity contribution < 1.29 is 4.79 Å². The molecule has 2 aromatic rings. The number of nitrogens with one attached hydrogen (secondary N) is 1. The molecular weight excluding hydrogens is 330 g/mol. The number of H-pyrrole nitrogens is 1. The Bertz CT molecular complexity index is 635. The van der Waals surface area contributed by atoms with E-state index in [1.165, 1.54) is 0 Å². The van der Waals surface area contributed by atoms with E-state index in [0.717, 1.165) is 40.6 Å². The van der Waals surface area contributed by atoms with Crippen LogP contribution in [0.1, 0.15) is 35.6 Å². The first-order valence-corrected chi connectivity index (χ1v) is 7.96. The summed E-state index contributed by atoms with van der Waals surface area (Å²) in [6.07, 6.45) is 4.76. The van der Waals surface area contributed by atoms with Crippen molar-refractivity contribution >= 4 is 21.8 Å². The molecule has 0 radical (unpaired) electrons. The summed E-state index contributed by atoms with van der Waals surface area (Å²) in [6, 6.07) is 8.08. The SMILES string of the molecule is CN(Cc1ccc(Br)cc1)C(=O)[C@@H]1CCCc2[nH]ncc21. The number of hydrogen-bond acceptors (Lipinski definition) is 2. The molecule has 0 saturated carbocycles. The lowest BCUT2D eigenvalue weighted by Crippen LogP contribution is -2.32. The van der Waals surface area contributed by atoms with Crippen LogP contribution in [0.25, 0.3) is 0 Å². The zero-order valence-electron chi connectivity index (χ0n) is 12.0. The molecule has 110 valence electrons. The normalized spacial score (nSPS) is 17.3. The number of rotatable bonds is 3. The first kappa shape index (κ1) is 14.3. The molecule has 0 spiro atoms. The van der Waals surface area contributed by atoms with E-state index in [1.807, 2.05) is 42.4 Å². The van der Waals surface area contributed by atoms with E-state index in [1.54, 1.807) is 0 Å². The average molecular weight is 348 g/mol. The van der Waals surface area contributed by atoms with E-state index >= 15 is 0 Å². The highest BCUT2D eigenvalue weighted by Crippen LogP contribution is 2.31. The van der Waals surface area contributed by atoms with Crippen LogP contribution in [-0.2, 0) is 17.8 Å². The number of halogens is 1. The van der Waals surface area contributed by atoms with Gasteiger partial charge in [-0.1, -0.05) is 28.1 Å². The molecule has 0 unspecified atom stereocenters. The number of aryl methyl sites for hydroxylation is 1. The molecule has 1 aliphatic rings. The summed E-state index contributed by atoms with van der Waals surface area (Å²) in [4.78, 5) is 14.5. The lowest BCUT2D eigenvalue weighted by molar-refractivity contribution is -0.132. The Balaban J connectivity index is 1.72. The fraction of sp³-hybridized carbons (Fsp3) is 0.375. The molecule has 1 N–H and O–H groups in total. The third-order valence-electron chi connectivity index (χ3n) is 4.05. The fourth-order valence-electron chi connectivity index (χ4n) is 2.93. The molecule has 0 fully saturated rings. The summed E-state index contributed by atoms with van der Waals surface area (Å²) in [7, 11) is 1.87. The van der Waals surface area contributed by atoms with Gasteiger partial charge in [-0.05, 0) is 37.0 Å².